The van der Waals surface area contributed by atoms with Crippen LogP contribution in [-0.2, 0) is 4.74 Å². The van der Waals surface area contributed by atoms with Gasteiger partial charge in [-0.05, 0) is 50.7 Å². The van der Waals surface area contributed by atoms with Crippen molar-refractivity contribution < 1.29 is 19.0 Å². The van der Waals surface area contributed by atoms with E-state index in [1.165, 1.54) is 0 Å². The van der Waals surface area contributed by atoms with Gasteiger partial charge in [0.25, 0.3) is 0 Å². The average molecular weight is 348 g/mol. The third-order valence-corrected chi connectivity index (χ3v) is 4.92. The lowest BCUT2D eigenvalue weighted by atomic mass is 9.91. The summed E-state index contributed by atoms with van der Waals surface area (Å²) in [6, 6.07) is 5.42. The SMILES string of the molecule is COc1cc(NC(=O)N2CC[C@H]([C@H]3CCOC3)C2)ccc1OC(C)C. The number of amides is 2. The smallest absolute Gasteiger partial charge is 0.321 e. The third kappa shape index (κ3) is 4.37. The van der Waals surface area contributed by atoms with E-state index in [0.29, 0.717) is 29.0 Å². The maximum absolute atomic E-state index is 12.5. The topological polar surface area (TPSA) is 60.0 Å². The highest BCUT2D eigenvalue weighted by molar-refractivity contribution is 5.90. The van der Waals surface area contributed by atoms with E-state index < -0.39 is 0 Å². The highest BCUT2D eigenvalue weighted by atomic mass is 16.5. The van der Waals surface area contributed by atoms with Gasteiger partial charge in [-0.1, -0.05) is 0 Å². The number of ether oxygens (including phenoxy) is 3. The predicted octanol–water partition coefficient (Wildman–Crippen LogP) is 3.37. The number of nitrogens with zero attached hydrogens (tertiary/aromatic N) is 1. The molecule has 1 aromatic carbocycles. The fourth-order valence-corrected chi connectivity index (χ4v) is 3.58. The number of benzene rings is 1. The molecule has 0 aliphatic carbocycles. The van der Waals surface area contributed by atoms with Crippen molar-refractivity contribution in [2.24, 2.45) is 11.8 Å². The summed E-state index contributed by atoms with van der Waals surface area (Å²) in [4.78, 5) is 14.4. The highest BCUT2D eigenvalue weighted by Crippen LogP contribution is 2.32. The van der Waals surface area contributed by atoms with Gasteiger partial charge in [-0.3, -0.25) is 0 Å². The molecule has 1 aromatic rings. The number of anilines is 1. The van der Waals surface area contributed by atoms with Gasteiger partial charge in [0.1, 0.15) is 0 Å². The Morgan fingerprint density at radius 2 is 2.12 bits per heavy atom. The van der Waals surface area contributed by atoms with Crippen LogP contribution in [0.5, 0.6) is 11.5 Å². The van der Waals surface area contributed by atoms with Crippen LogP contribution >= 0.6 is 0 Å². The van der Waals surface area contributed by atoms with Gasteiger partial charge in [-0.25, -0.2) is 4.79 Å². The zero-order valence-corrected chi connectivity index (χ0v) is 15.3. The quantitative estimate of drug-likeness (QED) is 0.886. The number of rotatable bonds is 5. The fourth-order valence-electron chi connectivity index (χ4n) is 3.58. The number of methoxy groups -OCH3 is 1. The van der Waals surface area contributed by atoms with Crippen molar-refractivity contribution in [2.45, 2.75) is 32.8 Å². The van der Waals surface area contributed by atoms with Gasteiger partial charge in [0.15, 0.2) is 11.5 Å². The minimum Gasteiger partial charge on any atom is -0.493 e. The van der Waals surface area contributed by atoms with Crippen molar-refractivity contribution in [3.63, 3.8) is 0 Å². The lowest BCUT2D eigenvalue weighted by Crippen LogP contribution is -2.33. The van der Waals surface area contributed by atoms with Crippen molar-refractivity contribution in [1.82, 2.24) is 4.90 Å². The molecule has 2 fully saturated rings. The second-order valence-electron chi connectivity index (χ2n) is 7.08. The summed E-state index contributed by atoms with van der Waals surface area (Å²) in [5, 5.41) is 2.97. The zero-order chi connectivity index (χ0) is 17.8. The molecule has 2 aliphatic rings. The van der Waals surface area contributed by atoms with Crippen LogP contribution in [0.1, 0.15) is 26.7 Å². The monoisotopic (exact) mass is 348 g/mol. The second-order valence-corrected chi connectivity index (χ2v) is 7.08. The molecule has 2 aliphatic heterocycles. The van der Waals surface area contributed by atoms with E-state index in [1.807, 2.05) is 30.9 Å². The van der Waals surface area contributed by atoms with E-state index in [-0.39, 0.29) is 12.1 Å². The van der Waals surface area contributed by atoms with E-state index in [4.69, 9.17) is 14.2 Å². The summed E-state index contributed by atoms with van der Waals surface area (Å²) in [6.07, 6.45) is 2.25. The number of nitrogens with one attached hydrogen (secondary N) is 1. The van der Waals surface area contributed by atoms with Gasteiger partial charge in [-0.2, -0.15) is 0 Å². The molecular formula is C19H28N2O4. The average Bonchev–Trinajstić information content (AvgIpc) is 3.26. The molecule has 0 bridgehead atoms. The van der Waals surface area contributed by atoms with Gasteiger partial charge in [0.2, 0.25) is 0 Å². The number of urea groups is 1. The molecular weight excluding hydrogens is 320 g/mol. The van der Waals surface area contributed by atoms with Crippen LogP contribution in [0, 0.1) is 11.8 Å². The molecule has 2 atom stereocenters. The van der Waals surface area contributed by atoms with Crippen LogP contribution < -0.4 is 14.8 Å². The number of carbonyl (C=O) groups is 1. The van der Waals surface area contributed by atoms with Gasteiger partial charge >= 0.3 is 6.03 Å². The van der Waals surface area contributed by atoms with E-state index in [2.05, 4.69) is 5.32 Å². The maximum atomic E-state index is 12.5. The molecule has 0 aromatic heterocycles. The van der Waals surface area contributed by atoms with Crippen LogP contribution in [0.2, 0.25) is 0 Å². The molecule has 2 amide bonds. The molecule has 0 unspecified atom stereocenters. The first-order valence-electron chi connectivity index (χ1n) is 9.05. The standard InChI is InChI=1S/C19H28N2O4/c1-13(2)25-17-5-4-16(10-18(17)23-3)20-19(22)21-8-6-14(11-21)15-7-9-24-12-15/h4-5,10,13-15H,6-9,11-12H2,1-3H3,(H,20,22)/t14-,15-/m0/s1. The largest absolute Gasteiger partial charge is 0.493 e. The van der Waals surface area contributed by atoms with Crippen molar-refractivity contribution in [3.8, 4) is 11.5 Å². The molecule has 0 radical (unpaired) electrons. The van der Waals surface area contributed by atoms with E-state index in [9.17, 15) is 4.79 Å². The van der Waals surface area contributed by atoms with Crippen molar-refractivity contribution in [3.05, 3.63) is 18.2 Å². The Morgan fingerprint density at radius 3 is 2.80 bits per heavy atom. The zero-order valence-electron chi connectivity index (χ0n) is 15.3. The normalized spacial score (nSPS) is 23.1. The van der Waals surface area contributed by atoms with Crippen LogP contribution in [0.3, 0.4) is 0 Å². The highest BCUT2D eigenvalue weighted by Gasteiger charge is 2.33. The summed E-state index contributed by atoms with van der Waals surface area (Å²) in [5.74, 6) is 2.46. The molecule has 0 saturated carbocycles. The minimum absolute atomic E-state index is 0.0546. The van der Waals surface area contributed by atoms with Gasteiger partial charge in [0.05, 0.1) is 13.2 Å². The summed E-state index contributed by atoms with van der Waals surface area (Å²) >= 11 is 0. The third-order valence-electron chi connectivity index (χ3n) is 4.92. The Labute approximate surface area is 149 Å². The molecule has 6 nitrogen and oxygen atoms in total. The van der Waals surface area contributed by atoms with Crippen LogP contribution in [-0.4, -0.2) is 50.4 Å². The van der Waals surface area contributed by atoms with Gasteiger partial charge in [0, 0.05) is 38.1 Å². The number of carbonyl (C=O) groups excluding carboxylic acids is 1. The van der Waals surface area contributed by atoms with Crippen molar-refractivity contribution in [2.75, 3.05) is 38.7 Å². The Hall–Kier alpha value is -1.95. The Morgan fingerprint density at radius 1 is 1.28 bits per heavy atom. The van der Waals surface area contributed by atoms with Gasteiger partial charge < -0.3 is 24.4 Å². The Kier molecular flexibility index (Phi) is 5.68. The van der Waals surface area contributed by atoms with Crippen molar-refractivity contribution >= 4 is 11.7 Å². The Balaban J connectivity index is 1.59. The number of likely N-dealkylation sites (tertiary alicyclic amines) is 1. The summed E-state index contributed by atoms with van der Waals surface area (Å²) in [5.41, 5.74) is 0.714. The molecule has 6 heteroatoms. The molecule has 138 valence electrons. The molecule has 2 saturated heterocycles. The first-order chi connectivity index (χ1) is 12.1. The molecule has 2 heterocycles. The number of hydrogen-bond donors (Lipinski definition) is 1. The summed E-state index contributed by atoms with van der Waals surface area (Å²) in [7, 11) is 1.60. The number of hydrogen-bond acceptors (Lipinski definition) is 4. The summed E-state index contributed by atoms with van der Waals surface area (Å²) < 4.78 is 16.6. The Bertz CT molecular complexity index is 599. The molecule has 25 heavy (non-hydrogen) atoms. The predicted molar refractivity (Wildman–Crippen MR) is 96.4 cm³/mol. The van der Waals surface area contributed by atoms with E-state index in [0.717, 1.165) is 39.1 Å². The van der Waals surface area contributed by atoms with Crippen LogP contribution in [0.15, 0.2) is 18.2 Å². The van der Waals surface area contributed by atoms with Crippen LogP contribution in [0.4, 0.5) is 10.5 Å². The maximum Gasteiger partial charge on any atom is 0.321 e. The molecule has 1 N–H and O–H groups in total. The second kappa shape index (κ2) is 7.95. The first-order valence-corrected chi connectivity index (χ1v) is 9.05. The van der Waals surface area contributed by atoms with Crippen LogP contribution in [0.25, 0.3) is 0 Å². The van der Waals surface area contributed by atoms with E-state index in [1.54, 1.807) is 13.2 Å². The molecule has 3 rings (SSSR count). The minimum atomic E-state index is -0.0546. The van der Waals surface area contributed by atoms with Gasteiger partial charge in [-0.15, -0.1) is 0 Å². The molecule has 0 spiro atoms. The lowest BCUT2D eigenvalue weighted by molar-refractivity contribution is 0.171. The first kappa shape index (κ1) is 17.9. The summed E-state index contributed by atoms with van der Waals surface area (Å²) in [6.45, 7) is 7.25. The van der Waals surface area contributed by atoms with Crippen molar-refractivity contribution in [1.29, 1.82) is 0 Å². The fraction of sp³-hybridized carbons (Fsp3) is 0.632. The van der Waals surface area contributed by atoms with E-state index >= 15 is 0 Å². The lowest BCUT2D eigenvalue weighted by Gasteiger charge is -2.20.